The summed E-state index contributed by atoms with van der Waals surface area (Å²) in [6.07, 6.45) is 1.52. The number of carbonyl (C=O) groups excluding carboxylic acids is 1. The largest absolute Gasteiger partial charge is 0.490 e. The van der Waals surface area contributed by atoms with Gasteiger partial charge in [0.15, 0.2) is 11.5 Å². The van der Waals surface area contributed by atoms with Crippen molar-refractivity contribution in [3.63, 3.8) is 0 Å². The molecule has 0 bridgehead atoms. The number of hydrazone groups is 1. The Morgan fingerprint density at radius 1 is 1.03 bits per heavy atom. The van der Waals surface area contributed by atoms with E-state index >= 15 is 0 Å². The number of nitrogens with one attached hydrogen (secondary N) is 1. The first-order valence-electron chi connectivity index (χ1n) is 10.1. The lowest BCUT2D eigenvalue weighted by Gasteiger charge is -2.13. The van der Waals surface area contributed by atoms with Gasteiger partial charge in [0.25, 0.3) is 5.91 Å². The van der Waals surface area contributed by atoms with Gasteiger partial charge in [0, 0.05) is 0 Å². The zero-order chi connectivity index (χ0) is 22.9. The number of ether oxygens (including phenoxy) is 3. The second-order valence-corrected chi connectivity index (χ2v) is 6.82. The molecule has 0 aliphatic rings. The molecule has 1 N–H and O–H groups in total. The summed E-state index contributed by atoms with van der Waals surface area (Å²) in [6, 6.07) is 12.8. The summed E-state index contributed by atoms with van der Waals surface area (Å²) in [7, 11) is 0. The number of carbonyl (C=O) groups is 1. The van der Waals surface area contributed by atoms with Crippen molar-refractivity contribution < 1.29 is 27.8 Å². The van der Waals surface area contributed by atoms with E-state index in [1.54, 1.807) is 50.2 Å². The zero-order valence-electron chi connectivity index (χ0n) is 18.2. The van der Waals surface area contributed by atoms with Crippen molar-refractivity contribution in [3.05, 3.63) is 77.0 Å². The van der Waals surface area contributed by atoms with Crippen LogP contribution in [-0.2, 0) is 0 Å². The van der Waals surface area contributed by atoms with E-state index in [9.17, 15) is 9.18 Å². The third-order valence-corrected chi connectivity index (χ3v) is 4.36. The van der Waals surface area contributed by atoms with Crippen LogP contribution in [0.1, 0.15) is 34.4 Å². The average molecular weight is 440 g/mol. The van der Waals surface area contributed by atoms with Gasteiger partial charge in [-0.15, -0.1) is 0 Å². The van der Waals surface area contributed by atoms with Crippen LogP contribution in [0.2, 0.25) is 0 Å². The number of hydrogen-bond acceptors (Lipinski definition) is 6. The topological polar surface area (TPSA) is 82.3 Å². The summed E-state index contributed by atoms with van der Waals surface area (Å²) >= 11 is 0. The minimum atomic E-state index is -0.346. The summed E-state index contributed by atoms with van der Waals surface area (Å²) in [5.74, 6) is 2.21. The van der Waals surface area contributed by atoms with Gasteiger partial charge in [0.2, 0.25) is 0 Å². The maximum Gasteiger partial charge on any atom is 0.274 e. The summed E-state index contributed by atoms with van der Waals surface area (Å²) in [5, 5.41) is 4.01. The molecule has 1 heterocycles. The number of nitrogens with zero attached hydrogens (tertiary/aromatic N) is 1. The summed E-state index contributed by atoms with van der Waals surface area (Å²) < 4.78 is 35.2. The lowest BCUT2D eigenvalue weighted by Crippen LogP contribution is -2.17. The van der Waals surface area contributed by atoms with Crippen molar-refractivity contribution in [1.29, 1.82) is 0 Å². The van der Waals surface area contributed by atoms with E-state index in [1.807, 2.05) is 6.92 Å². The molecule has 0 aliphatic carbocycles. The lowest BCUT2D eigenvalue weighted by molar-refractivity contribution is 0.0953. The highest BCUT2D eigenvalue weighted by Crippen LogP contribution is 2.28. The molecule has 32 heavy (non-hydrogen) atoms. The Bertz CT molecular complexity index is 1080. The van der Waals surface area contributed by atoms with E-state index in [1.165, 1.54) is 18.3 Å². The van der Waals surface area contributed by atoms with Gasteiger partial charge in [-0.2, -0.15) is 5.10 Å². The van der Waals surface area contributed by atoms with Crippen molar-refractivity contribution in [2.75, 3.05) is 19.8 Å². The molecule has 2 aromatic carbocycles. The molecule has 0 spiro atoms. The normalized spacial score (nSPS) is 10.9. The van der Waals surface area contributed by atoms with Gasteiger partial charge in [0.05, 0.1) is 18.4 Å². The predicted molar refractivity (Wildman–Crippen MR) is 118 cm³/mol. The first-order valence-corrected chi connectivity index (χ1v) is 10.1. The molecule has 3 rings (SSSR count). The van der Waals surface area contributed by atoms with Crippen LogP contribution in [0.15, 0.2) is 58.0 Å². The maximum atomic E-state index is 12.9. The third-order valence-electron chi connectivity index (χ3n) is 4.36. The second-order valence-electron chi connectivity index (χ2n) is 6.82. The molecule has 0 radical (unpaired) electrons. The molecule has 7 nitrogen and oxygen atoms in total. The van der Waals surface area contributed by atoms with E-state index in [2.05, 4.69) is 10.5 Å². The van der Waals surface area contributed by atoms with E-state index in [0.29, 0.717) is 47.5 Å². The number of hydrogen-bond donors (Lipinski definition) is 1. The average Bonchev–Trinajstić information content (AvgIpc) is 3.12. The molecular weight excluding hydrogens is 415 g/mol. The van der Waals surface area contributed by atoms with Crippen molar-refractivity contribution in [3.8, 4) is 17.2 Å². The van der Waals surface area contributed by atoms with Crippen LogP contribution in [0.5, 0.6) is 17.2 Å². The Morgan fingerprint density at radius 3 is 2.47 bits per heavy atom. The van der Waals surface area contributed by atoms with E-state index in [-0.39, 0.29) is 18.3 Å². The molecule has 0 aliphatic heterocycles. The van der Waals surface area contributed by atoms with Crippen LogP contribution in [-0.4, -0.2) is 31.9 Å². The fourth-order valence-electron chi connectivity index (χ4n) is 2.92. The smallest absolute Gasteiger partial charge is 0.274 e. The fourth-order valence-corrected chi connectivity index (χ4v) is 2.92. The number of aryl methyl sites for hydroxylation is 2. The minimum Gasteiger partial charge on any atom is -0.490 e. The molecule has 0 fully saturated rings. The van der Waals surface area contributed by atoms with Crippen LogP contribution >= 0.6 is 0 Å². The molecule has 168 valence electrons. The molecule has 0 atom stereocenters. The maximum absolute atomic E-state index is 12.9. The van der Waals surface area contributed by atoms with Crippen molar-refractivity contribution >= 4 is 12.1 Å². The minimum absolute atomic E-state index is 0.282. The first-order chi connectivity index (χ1) is 15.5. The predicted octanol–water partition coefficient (Wildman–Crippen LogP) is 4.66. The van der Waals surface area contributed by atoms with Crippen molar-refractivity contribution in [2.24, 2.45) is 5.10 Å². The highest BCUT2D eigenvalue weighted by atomic mass is 19.1. The van der Waals surface area contributed by atoms with Crippen LogP contribution in [0.4, 0.5) is 4.39 Å². The molecular formula is C24H25FN2O5. The summed E-state index contributed by atoms with van der Waals surface area (Å²) in [6.45, 7) is 6.41. The standard InChI is InChI=1S/C24H25FN2O5/c1-4-29-23-14-18(15-26-27-24(28)21-13-16(2)32-17(21)3)5-10-22(23)31-12-11-30-20-8-6-19(25)7-9-20/h5-10,13-15H,4,11-12H2,1-3H3,(H,27,28)/b26-15+. The van der Waals surface area contributed by atoms with E-state index in [4.69, 9.17) is 18.6 Å². The number of amides is 1. The third kappa shape index (κ3) is 6.34. The van der Waals surface area contributed by atoms with Gasteiger partial charge >= 0.3 is 0 Å². The van der Waals surface area contributed by atoms with E-state index in [0.717, 1.165) is 5.56 Å². The molecule has 0 unspecified atom stereocenters. The Morgan fingerprint density at radius 2 is 1.78 bits per heavy atom. The molecule has 8 heteroatoms. The monoisotopic (exact) mass is 440 g/mol. The Kier molecular flexibility index (Phi) is 7.85. The molecule has 0 saturated carbocycles. The van der Waals surface area contributed by atoms with Gasteiger partial charge in [0.1, 0.15) is 36.3 Å². The van der Waals surface area contributed by atoms with Crippen LogP contribution in [0.3, 0.4) is 0 Å². The second kappa shape index (κ2) is 11.0. The van der Waals surface area contributed by atoms with Gasteiger partial charge in [-0.3, -0.25) is 4.79 Å². The number of rotatable bonds is 10. The van der Waals surface area contributed by atoms with Crippen molar-refractivity contribution in [1.82, 2.24) is 5.43 Å². The fraction of sp³-hybridized carbons (Fsp3) is 0.250. The number of halogens is 1. The van der Waals surface area contributed by atoms with Gasteiger partial charge in [-0.25, -0.2) is 9.82 Å². The number of furan rings is 1. The highest BCUT2D eigenvalue weighted by Gasteiger charge is 2.12. The van der Waals surface area contributed by atoms with Gasteiger partial charge < -0.3 is 18.6 Å². The molecule has 3 aromatic rings. The SMILES string of the molecule is CCOc1cc(/C=N/NC(=O)c2cc(C)oc2C)ccc1OCCOc1ccc(F)cc1. The van der Waals surface area contributed by atoms with E-state index < -0.39 is 0 Å². The zero-order valence-corrected chi connectivity index (χ0v) is 18.2. The Labute approximate surface area is 185 Å². The Balaban J connectivity index is 1.56. The number of benzene rings is 2. The first kappa shape index (κ1) is 22.9. The van der Waals surface area contributed by atoms with Crippen molar-refractivity contribution in [2.45, 2.75) is 20.8 Å². The van der Waals surface area contributed by atoms with Crippen LogP contribution < -0.4 is 19.6 Å². The van der Waals surface area contributed by atoms with Crippen LogP contribution in [0, 0.1) is 19.7 Å². The molecule has 0 saturated heterocycles. The molecule has 1 aromatic heterocycles. The lowest BCUT2D eigenvalue weighted by atomic mass is 10.2. The highest BCUT2D eigenvalue weighted by molar-refractivity contribution is 5.95. The summed E-state index contributed by atoms with van der Waals surface area (Å²) in [4.78, 5) is 12.2. The summed E-state index contributed by atoms with van der Waals surface area (Å²) in [5.41, 5.74) is 3.66. The quantitative estimate of drug-likeness (QED) is 0.282. The van der Waals surface area contributed by atoms with Crippen LogP contribution in [0.25, 0.3) is 0 Å². The Hall–Kier alpha value is -3.81. The van der Waals surface area contributed by atoms with Gasteiger partial charge in [-0.05, 0) is 74.9 Å². The van der Waals surface area contributed by atoms with Gasteiger partial charge in [-0.1, -0.05) is 0 Å². The molecule has 1 amide bonds.